The molecule has 1 aliphatic carbocycles. The molecular weight excluding hydrogens is 276 g/mol. The largest absolute Gasteiger partial charge is 0.496 e. The molecule has 114 valence electrons. The lowest BCUT2D eigenvalue weighted by molar-refractivity contribution is -0.121. The highest BCUT2D eigenvalue weighted by Crippen LogP contribution is 2.29. The summed E-state index contributed by atoms with van der Waals surface area (Å²) in [5, 5.41) is 3.06. The van der Waals surface area contributed by atoms with Gasteiger partial charge in [0.2, 0.25) is 5.91 Å². The summed E-state index contributed by atoms with van der Waals surface area (Å²) in [6.07, 6.45) is 1.08. The monoisotopic (exact) mass is 296 g/mol. The standard InChI is InChI=1S/C18H20N2O2/c1-22-16-9-5-3-7-13(16)11-17(21)20-15-10-12-6-2-4-8-14(12)18(15)19/h2-9,15,18H,10-11,19H2,1H3,(H,20,21)/t15-,18-/m1/s1. The maximum absolute atomic E-state index is 12.3. The number of para-hydroxylation sites is 1. The molecule has 1 amide bonds. The number of ether oxygens (including phenoxy) is 1. The van der Waals surface area contributed by atoms with Crippen LogP contribution in [-0.4, -0.2) is 19.1 Å². The zero-order valence-corrected chi connectivity index (χ0v) is 12.6. The SMILES string of the molecule is COc1ccccc1CC(=O)N[C@@H]1Cc2ccccc2[C@H]1N. The first-order valence-corrected chi connectivity index (χ1v) is 7.43. The molecular formula is C18H20N2O2. The first-order chi connectivity index (χ1) is 10.7. The van der Waals surface area contributed by atoms with Crippen LogP contribution in [0.3, 0.4) is 0 Å². The molecule has 2 aromatic rings. The highest BCUT2D eigenvalue weighted by atomic mass is 16.5. The van der Waals surface area contributed by atoms with E-state index in [9.17, 15) is 4.79 Å². The van der Waals surface area contributed by atoms with Crippen LogP contribution in [0.5, 0.6) is 5.75 Å². The number of fused-ring (bicyclic) bond motifs is 1. The molecule has 0 radical (unpaired) electrons. The molecule has 0 spiro atoms. The molecule has 0 aromatic heterocycles. The van der Waals surface area contributed by atoms with Crippen molar-refractivity contribution in [3.8, 4) is 5.75 Å². The third-order valence-electron chi connectivity index (χ3n) is 4.18. The van der Waals surface area contributed by atoms with E-state index in [1.54, 1.807) is 7.11 Å². The van der Waals surface area contributed by atoms with E-state index in [0.717, 1.165) is 23.3 Å². The van der Waals surface area contributed by atoms with Gasteiger partial charge in [0.25, 0.3) is 0 Å². The van der Waals surface area contributed by atoms with Gasteiger partial charge in [-0.2, -0.15) is 0 Å². The summed E-state index contributed by atoms with van der Waals surface area (Å²) in [4.78, 5) is 12.3. The fourth-order valence-corrected chi connectivity index (χ4v) is 3.05. The molecule has 0 saturated heterocycles. The average molecular weight is 296 g/mol. The zero-order chi connectivity index (χ0) is 15.5. The summed E-state index contributed by atoms with van der Waals surface area (Å²) >= 11 is 0. The minimum atomic E-state index is -0.141. The van der Waals surface area contributed by atoms with Gasteiger partial charge in [-0.15, -0.1) is 0 Å². The van der Waals surface area contributed by atoms with Gasteiger partial charge in [-0.1, -0.05) is 42.5 Å². The second-order valence-corrected chi connectivity index (χ2v) is 5.59. The van der Waals surface area contributed by atoms with E-state index < -0.39 is 0 Å². The molecule has 1 aliphatic rings. The minimum absolute atomic E-state index is 0.0299. The Labute approximate surface area is 130 Å². The molecule has 2 aromatic carbocycles. The van der Waals surface area contributed by atoms with Crippen LogP contribution in [0.2, 0.25) is 0 Å². The molecule has 4 heteroatoms. The highest BCUT2D eigenvalue weighted by Gasteiger charge is 2.30. The van der Waals surface area contributed by atoms with Crippen molar-refractivity contribution in [2.75, 3.05) is 7.11 Å². The van der Waals surface area contributed by atoms with E-state index in [4.69, 9.17) is 10.5 Å². The lowest BCUT2D eigenvalue weighted by Gasteiger charge is -2.18. The van der Waals surface area contributed by atoms with Gasteiger partial charge in [0.05, 0.1) is 25.6 Å². The number of carbonyl (C=O) groups is 1. The number of amides is 1. The van der Waals surface area contributed by atoms with Gasteiger partial charge in [0.1, 0.15) is 5.75 Å². The third-order valence-corrected chi connectivity index (χ3v) is 4.18. The molecule has 22 heavy (non-hydrogen) atoms. The van der Waals surface area contributed by atoms with E-state index in [1.165, 1.54) is 5.56 Å². The summed E-state index contributed by atoms with van der Waals surface area (Å²) in [6, 6.07) is 15.5. The smallest absolute Gasteiger partial charge is 0.224 e. The summed E-state index contributed by atoms with van der Waals surface area (Å²) < 4.78 is 5.28. The average Bonchev–Trinajstić information content (AvgIpc) is 2.84. The van der Waals surface area contributed by atoms with Gasteiger partial charge >= 0.3 is 0 Å². The first kappa shape index (κ1) is 14.6. The van der Waals surface area contributed by atoms with Crippen LogP contribution in [-0.2, 0) is 17.6 Å². The molecule has 0 heterocycles. The lowest BCUT2D eigenvalue weighted by Crippen LogP contribution is -2.41. The number of hydrogen-bond donors (Lipinski definition) is 2. The minimum Gasteiger partial charge on any atom is -0.496 e. The van der Waals surface area contributed by atoms with Gasteiger partial charge in [-0.3, -0.25) is 4.79 Å². The molecule has 0 unspecified atom stereocenters. The van der Waals surface area contributed by atoms with E-state index in [2.05, 4.69) is 11.4 Å². The van der Waals surface area contributed by atoms with Crippen LogP contribution in [0.25, 0.3) is 0 Å². The third kappa shape index (κ3) is 2.83. The normalized spacial score (nSPS) is 19.5. The van der Waals surface area contributed by atoms with Gasteiger partial charge in [0, 0.05) is 5.56 Å². The number of rotatable bonds is 4. The van der Waals surface area contributed by atoms with Crippen molar-refractivity contribution in [2.45, 2.75) is 24.9 Å². The molecule has 2 atom stereocenters. The number of carbonyl (C=O) groups excluding carboxylic acids is 1. The molecule has 0 aliphatic heterocycles. The van der Waals surface area contributed by atoms with E-state index in [-0.39, 0.29) is 18.0 Å². The maximum atomic E-state index is 12.3. The Morgan fingerprint density at radius 3 is 2.73 bits per heavy atom. The molecule has 0 saturated carbocycles. The fraction of sp³-hybridized carbons (Fsp3) is 0.278. The van der Waals surface area contributed by atoms with Gasteiger partial charge in [-0.25, -0.2) is 0 Å². The summed E-state index contributed by atoms with van der Waals surface area (Å²) in [7, 11) is 1.61. The molecule has 0 bridgehead atoms. The van der Waals surface area contributed by atoms with Crippen molar-refractivity contribution < 1.29 is 9.53 Å². The number of benzene rings is 2. The predicted octanol–water partition coefficient (Wildman–Crippen LogP) is 1.98. The maximum Gasteiger partial charge on any atom is 0.224 e. The van der Waals surface area contributed by atoms with E-state index >= 15 is 0 Å². The lowest BCUT2D eigenvalue weighted by atomic mass is 10.1. The van der Waals surface area contributed by atoms with Crippen molar-refractivity contribution in [1.29, 1.82) is 0 Å². The summed E-state index contributed by atoms with van der Waals surface area (Å²) in [5.41, 5.74) is 9.48. The Morgan fingerprint density at radius 2 is 1.95 bits per heavy atom. The van der Waals surface area contributed by atoms with Crippen molar-refractivity contribution in [3.63, 3.8) is 0 Å². The van der Waals surface area contributed by atoms with E-state index in [1.807, 2.05) is 42.5 Å². The molecule has 3 N–H and O–H groups in total. The molecule has 0 fully saturated rings. The van der Waals surface area contributed by atoms with Crippen LogP contribution >= 0.6 is 0 Å². The summed E-state index contributed by atoms with van der Waals surface area (Å²) in [5.74, 6) is 0.703. The van der Waals surface area contributed by atoms with Crippen molar-refractivity contribution >= 4 is 5.91 Å². The van der Waals surface area contributed by atoms with Crippen LogP contribution < -0.4 is 15.8 Å². The Kier molecular flexibility index (Phi) is 4.11. The Bertz CT molecular complexity index is 684. The fourth-order valence-electron chi connectivity index (χ4n) is 3.05. The van der Waals surface area contributed by atoms with Crippen LogP contribution in [0, 0.1) is 0 Å². The molecule has 3 rings (SSSR count). The molecule has 4 nitrogen and oxygen atoms in total. The Balaban J connectivity index is 1.66. The van der Waals surface area contributed by atoms with Crippen molar-refractivity contribution in [2.24, 2.45) is 5.73 Å². The van der Waals surface area contributed by atoms with Crippen LogP contribution in [0.15, 0.2) is 48.5 Å². The summed E-state index contributed by atoms with van der Waals surface area (Å²) in [6.45, 7) is 0. The highest BCUT2D eigenvalue weighted by molar-refractivity contribution is 5.80. The topological polar surface area (TPSA) is 64.3 Å². The second kappa shape index (κ2) is 6.20. The van der Waals surface area contributed by atoms with Gasteiger partial charge in [-0.05, 0) is 23.6 Å². The number of nitrogens with two attached hydrogens (primary N) is 1. The second-order valence-electron chi connectivity index (χ2n) is 5.59. The number of hydrogen-bond acceptors (Lipinski definition) is 3. The van der Waals surface area contributed by atoms with Crippen molar-refractivity contribution in [3.05, 3.63) is 65.2 Å². The van der Waals surface area contributed by atoms with Gasteiger partial charge in [0.15, 0.2) is 0 Å². The van der Waals surface area contributed by atoms with Gasteiger partial charge < -0.3 is 15.8 Å². The van der Waals surface area contributed by atoms with Crippen LogP contribution in [0.4, 0.5) is 0 Å². The van der Waals surface area contributed by atoms with Crippen LogP contribution in [0.1, 0.15) is 22.7 Å². The Hall–Kier alpha value is -2.33. The quantitative estimate of drug-likeness (QED) is 0.906. The number of methoxy groups -OCH3 is 1. The predicted molar refractivity (Wildman–Crippen MR) is 85.7 cm³/mol. The van der Waals surface area contributed by atoms with Crippen molar-refractivity contribution in [1.82, 2.24) is 5.32 Å². The Morgan fingerprint density at radius 1 is 1.23 bits per heavy atom. The first-order valence-electron chi connectivity index (χ1n) is 7.43. The van der Waals surface area contributed by atoms with E-state index in [0.29, 0.717) is 6.42 Å². The zero-order valence-electron chi connectivity index (χ0n) is 12.6. The number of nitrogens with one attached hydrogen (secondary N) is 1.